The Morgan fingerprint density at radius 3 is 2.24 bits per heavy atom. The molecule has 1 saturated heterocycles. The first-order chi connectivity index (χ1) is 10.1. The summed E-state index contributed by atoms with van der Waals surface area (Å²) in [4.78, 5) is 17.2. The van der Waals surface area contributed by atoms with Crippen LogP contribution in [0, 0.1) is 5.92 Å². The zero-order valence-corrected chi connectivity index (χ0v) is 13.9. The highest BCUT2D eigenvalue weighted by atomic mass is 16.2. The van der Waals surface area contributed by atoms with Crippen LogP contribution in [0.2, 0.25) is 0 Å². The number of urea groups is 1. The van der Waals surface area contributed by atoms with Crippen molar-refractivity contribution in [3.8, 4) is 0 Å². The summed E-state index contributed by atoms with van der Waals surface area (Å²) in [5, 5.41) is 0. The van der Waals surface area contributed by atoms with E-state index < -0.39 is 0 Å². The second kappa shape index (κ2) is 7.48. The molecule has 0 radical (unpaired) electrons. The van der Waals surface area contributed by atoms with Crippen molar-refractivity contribution in [1.29, 1.82) is 0 Å². The van der Waals surface area contributed by atoms with Crippen molar-refractivity contribution < 1.29 is 4.79 Å². The third kappa shape index (κ3) is 3.71. The maximum atomic E-state index is 13.0. The molecule has 0 spiro atoms. The summed E-state index contributed by atoms with van der Waals surface area (Å²) >= 11 is 0. The largest absolute Gasteiger partial charge is 0.328 e. The van der Waals surface area contributed by atoms with Gasteiger partial charge in [-0.2, -0.15) is 0 Å². The van der Waals surface area contributed by atoms with E-state index in [1.165, 1.54) is 25.7 Å². The Kier molecular flexibility index (Phi) is 5.91. The van der Waals surface area contributed by atoms with Gasteiger partial charge in [-0.1, -0.05) is 32.6 Å². The second-order valence-electron chi connectivity index (χ2n) is 7.04. The standard InChI is InChI=1S/C17H33N3O/c1-3-20(16(21)19-12-8-15(2)9-13-19)17(14-18)10-6-4-5-7-11-17/h15H,3-14,18H2,1-2H3. The first kappa shape index (κ1) is 16.6. The SMILES string of the molecule is CCN(C(=O)N1CCC(C)CC1)C1(CN)CCCCCC1. The van der Waals surface area contributed by atoms with Gasteiger partial charge in [-0.25, -0.2) is 4.79 Å². The number of nitrogens with two attached hydrogens (primary N) is 1. The molecule has 1 heterocycles. The fraction of sp³-hybridized carbons (Fsp3) is 0.941. The molecule has 2 fully saturated rings. The number of hydrogen-bond donors (Lipinski definition) is 1. The van der Waals surface area contributed by atoms with Crippen molar-refractivity contribution >= 4 is 6.03 Å². The van der Waals surface area contributed by atoms with Crippen molar-refractivity contribution in [3.63, 3.8) is 0 Å². The Morgan fingerprint density at radius 2 is 1.76 bits per heavy atom. The summed E-state index contributed by atoms with van der Waals surface area (Å²) < 4.78 is 0. The Morgan fingerprint density at radius 1 is 1.19 bits per heavy atom. The molecule has 0 aromatic heterocycles. The van der Waals surface area contributed by atoms with Gasteiger partial charge >= 0.3 is 6.03 Å². The molecule has 2 rings (SSSR count). The Balaban J connectivity index is 2.10. The molecule has 0 aromatic rings. The van der Waals surface area contributed by atoms with E-state index in [4.69, 9.17) is 5.73 Å². The van der Waals surface area contributed by atoms with E-state index in [9.17, 15) is 4.79 Å². The quantitative estimate of drug-likeness (QED) is 0.813. The highest BCUT2D eigenvalue weighted by Crippen LogP contribution is 2.33. The maximum Gasteiger partial charge on any atom is 0.320 e. The average Bonchev–Trinajstić information content (AvgIpc) is 2.75. The van der Waals surface area contributed by atoms with E-state index in [0.717, 1.165) is 51.2 Å². The van der Waals surface area contributed by atoms with Gasteiger partial charge in [0.25, 0.3) is 0 Å². The third-order valence-corrected chi connectivity index (χ3v) is 5.59. The molecule has 2 N–H and O–H groups in total. The van der Waals surface area contributed by atoms with Gasteiger partial charge in [-0.3, -0.25) is 0 Å². The zero-order valence-electron chi connectivity index (χ0n) is 13.9. The van der Waals surface area contributed by atoms with Crippen LogP contribution < -0.4 is 5.73 Å². The average molecular weight is 295 g/mol. The predicted octanol–water partition coefficient (Wildman–Crippen LogP) is 3.21. The lowest BCUT2D eigenvalue weighted by Gasteiger charge is -2.45. The molecule has 0 bridgehead atoms. The molecule has 0 aromatic carbocycles. The minimum absolute atomic E-state index is 0.0919. The Hall–Kier alpha value is -0.770. The van der Waals surface area contributed by atoms with E-state index in [0.29, 0.717) is 6.54 Å². The summed E-state index contributed by atoms with van der Waals surface area (Å²) in [6.45, 7) is 7.60. The molecule has 2 aliphatic rings. The van der Waals surface area contributed by atoms with Gasteiger partial charge in [0.2, 0.25) is 0 Å². The first-order valence-electron chi connectivity index (χ1n) is 8.89. The number of carbonyl (C=O) groups excluding carboxylic acids is 1. The number of amides is 2. The van der Waals surface area contributed by atoms with Crippen LogP contribution in [-0.2, 0) is 0 Å². The molecular weight excluding hydrogens is 262 g/mol. The summed E-state index contributed by atoms with van der Waals surface area (Å²) in [7, 11) is 0. The van der Waals surface area contributed by atoms with Gasteiger partial charge in [-0.15, -0.1) is 0 Å². The van der Waals surface area contributed by atoms with Crippen LogP contribution in [0.5, 0.6) is 0 Å². The number of hydrogen-bond acceptors (Lipinski definition) is 2. The number of rotatable bonds is 3. The van der Waals surface area contributed by atoms with Crippen LogP contribution in [0.3, 0.4) is 0 Å². The van der Waals surface area contributed by atoms with Crippen molar-refractivity contribution in [2.75, 3.05) is 26.2 Å². The minimum atomic E-state index is -0.0919. The molecule has 21 heavy (non-hydrogen) atoms. The van der Waals surface area contributed by atoms with E-state index in [2.05, 4.69) is 23.6 Å². The molecule has 4 heteroatoms. The lowest BCUT2D eigenvalue weighted by molar-refractivity contribution is 0.0721. The lowest BCUT2D eigenvalue weighted by Crippen LogP contribution is -2.60. The van der Waals surface area contributed by atoms with Gasteiger partial charge in [0, 0.05) is 26.2 Å². The number of likely N-dealkylation sites (N-methyl/N-ethyl adjacent to an activating group) is 1. The van der Waals surface area contributed by atoms with Crippen LogP contribution in [0.25, 0.3) is 0 Å². The predicted molar refractivity (Wildman–Crippen MR) is 87.2 cm³/mol. The van der Waals surface area contributed by atoms with Crippen molar-refractivity contribution in [1.82, 2.24) is 9.80 Å². The van der Waals surface area contributed by atoms with Gasteiger partial charge in [0.15, 0.2) is 0 Å². The molecule has 1 saturated carbocycles. The first-order valence-corrected chi connectivity index (χ1v) is 8.89. The molecule has 0 atom stereocenters. The molecule has 122 valence electrons. The number of piperidine rings is 1. The molecule has 4 nitrogen and oxygen atoms in total. The van der Waals surface area contributed by atoms with Gasteiger partial charge in [-0.05, 0) is 38.5 Å². The monoisotopic (exact) mass is 295 g/mol. The van der Waals surface area contributed by atoms with Crippen molar-refractivity contribution in [2.45, 2.75) is 70.8 Å². The Bertz CT molecular complexity index is 329. The van der Waals surface area contributed by atoms with Crippen LogP contribution in [-0.4, -0.2) is 47.5 Å². The van der Waals surface area contributed by atoms with Crippen LogP contribution >= 0.6 is 0 Å². The van der Waals surface area contributed by atoms with Gasteiger partial charge in [0.05, 0.1) is 5.54 Å². The van der Waals surface area contributed by atoms with E-state index in [-0.39, 0.29) is 11.6 Å². The third-order valence-electron chi connectivity index (χ3n) is 5.59. The minimum Gasteiger partial charge on any atom is -0.328 e. The fourth-order valence-electron chi connectivity index (χ4n) is 4.02. The molecule has 0 unspecified atom stereocenters. The molecular formula is C17H33N3O. The molecule has 2 amide bonds. The van der Waals surface area contributed by atoms with Gasteiger partial charge in [0.1, 0.15) is 0 Å². The molecule has 1 aliphatic heterocycles. The number of nitrogens with zero attached hydrogens (tertiary/aromatic N) is 2. The fourth-order valence-corrected chi connectivity index (χ4v) is 4.02. The summed E-state index contributed by atoms with van der Waals surface area (Å²) in [5.74, 6) is 0.755. The normalized spacial score (nSPS) is 23.7. The smallest absolute Gasteiger partial charge is 0.320 e. The van der Waals surface area contributed by atoms with E-state index in [1.54, 1.807) is 0 Å². The van der Waals surface area contributed by atoms with E-state index in [1.807, 2.05) is 0 Å². The van der Waals surface area contributed by atoms with Crippen LogP contribution in [0.15, 0.2) is 0 Å². The maximum absolute atomic E-state index is 13.0. The molecule has 1 aliphatic carbocycles. The number of carbonyl (C=O) groups is 1. The van der Waals surface area contributed by atoms with Gasteiger partial charge < -0.3 is 15.5 Å². The van der Waals surface area contributed by atoms with Crippen molar-refractivity contribution in [3.05, 3.63) is 0 Å². The van der Waals surface area contributed by atoms with Crippen LogP contribution in [0.1, 0.15) is 65.2 Å². The van der Waals surface area contributed by atoms with E-state index >= 15 is 0 Å². The lowest BCUT2D eigenvalue weighted by atomic mass is 9.88. The Labute approximate surface area is 130 Å². The summed E-state index contributed by atoms with van der Waals surface area (Å²) in [6.07, 6.45) is 9.41. The topological polar surface area (TPSA) is 49.6 Å². The highest BCUT2D eigenvalue weighted by molar-refractivity contribution is 5.75. The summed E-state index contributed by atoms with van der Waals surface area (Å²) in [5.41, 5.74) is 6.07. The zero-order chi connectivity index (χ0) is 15.3. The van der Waals surface area contributed by atoms with Crippen LogP contribution in [0.4, 0.5) is 4.79 Å². The highest BCUT2D eigenvalue weighted by Gasteiger charge is 2.39. The number of likely N-dealkylation sites (tertiary alicyclic amines) is 1. The van der Waals surface area contributed by atoms with Crippen molar-refractivity contribution in [2.24, 2.45) is 11.7 Å². The summed E-state index contributed by atoms with van der Waals surface area (Å²) in [6, 6.07) is 0.233. The second-order valence-corrected chi connectivity index (χ2v) is 7.04.